The third-order valence-electron chi connectivity index (χ3n) is 6.25. The summed E-state index contributed by atoms with van der Waals surface area (Å²) in [4.78, 5) is 20.4. The highest BCUT2D eigenvalue weighted by molar-refractivity contribution is 8.00. The zero-order valence-electron chi connectivity index (χ0n) is 20.6. The van der Waals surface area contributed by atoms with Crippen LogP contribution in [-0.4, -0.2) is 42.1 Å². The number of piperidine rings is 1. The molecule has 0 aliphatic carbocycles. The maximum atomic E-state index is 15.0. The first-order valence-corrected chi connectivity index (χ1v) is 13.0. The predicted molar refractivity (Wildman–Crippen MR) is 138 cm³/mol. The number of nitrogens with one attached hydrogen (secondary N) is 4. The van der Waals surface area contributed by atoms with Crippen LogP contribution in [0.1, 0.15) is 34.3 Å². The van der Waals surface area contributed by atoms with E-state index in [2.05, 4.69) is 30.6 Å². The molecule has 2 aromatic carbocycles. The SMILES string of the molecule is COc1cc(C(=O)NC2CCNCC2)c(F)cc1Nc1ncc(C(F)(F)F)c(Oc2cccc3c2CSN3)n1. The summed E-state index contributed by atoms with van der Waals surface area (Å²) in [6.07, 6.45) is -2.75. The Hall–Kier alpha value is -3.78. The van der Waals surface area contributed by atoms with E-state index in [1.165, 1.54) is 25.1 Å². The highest BCUT2D eigenvalue weighted by Crippen LogP contribution is 2.42. The minimum absolute atomic E-state index is 0.0142. The number of amides is 1. The number of rotatable bonds is 7. The second-order valence-corrected chi connectivity index (χ2v) is 9.62. The molecule has 1 aromatic heterocycles. The van der Waals surface area contributed by atoms with Crippen LogP contribution in [0.15, 0.2) is 36.5 Å². The van der Waals surface area contributed by atoms with E-state index < -0.39 is 29.3 Å². The molecule has 4 N–H and O–H groups in total. The van der Waals surface area contributed by atoms with Gasteiger partial charge in [-0.25, -0.2) is 9.37 Å². The summed E-state index contributed by atoms with van der Waals surface area (Å²) in [7, 11) is 1.32. The van der Waals surface area contributed by atoms with E-state index in [9.17, 15) is 22.4 Å². The molecule has 0 bridgehead atoms. The number of halogens is 4. The van der Waals surface area contributed by atoms with Gasteiger partial charge in [-0.1, -0.05) is 6.07 Å². The zero-order chi connectivity index (χ0) is 27.6. The fourth-order valence-corrected chi connectivity index (χ4v) is 5.10. The summed E-state index contributed by atoms with van der Waals surface area (Å²) >= 11 is 1.38. The fraction of sp³-hybridized carbons (Fsp3) is 0.320. The van der Waals surface area contributed by atoms with Gasteiger partial charge in [0.25, 0.3) is 5.91 Å². The minimum Gasteiger partial charge on any atom is -0.495 e. The number of carbonyl (C=O) groups is 1. The van der Waals surface area contributed by atoms with Crippen molar-refractivity contribution >= 4 is 35.2 Å². The summed E-state index contributed by atoms with van der Waals surface area (Å²) in [6.45, 7) is 1.50. The maximum absolute atomic E-state index is 15.0. The Kier molecular flexibility index (Phi) is 7.66. The minimum atomic E-state index is -4.79. The van der Waals surface area contributed by atoms with Crippen molar-refractivity contribution in [2.75, 3.05) is 30.2 Å². The molecule has 14 heteroatoms. The Labute approximate surface area is 225 Å². The first kappa shape index (κ1) is 26.8. The van der Waals surface area contributed by atoms with Gasteiger partial charge < -0.3 is 30.1 Å². The summed E-state index contributed by atoms with van der Waals surface area (Å²) < 4.78 is 70.2. The van der Waals surface area contributed by atoms with E-state index in [-0.39, 0.29) is 34.7 Å². The van der Waals surface area contributed by atoms with Crippen molar-refractivity contribution in [2.45, 2.75) is 30.8 Å². The molecule has 0 spiro atoms. The molecule has 0 saturated carbocycles. The molecule has 1 saturated heterocycles. The van der Waals surface area contributed by atoms with Gasteiger partial charge in [-0.05, 0) is 56.1 Å². The number of ether oxygens (including phenoxy) is 2. The zero-order valence-corrected chi connectivity index (χ0v) is 21.4. The van der Waals surface area contributed by atoms with E-state index >= 15 is 0 Å². The Bertz CT molecular complexity index is 1380. The second kappa shape index (κ2) is 11.1. The van der Waals surface area contributed by atoms with Gasteiger partial charge in [-0.15, -0.1) is 0 Å². The summed E-state index contributed by atoms with van der Waals surface area (Å²) in [6, 6.07) is 7.13. The van der Waals surface area contributed by atoms with Crippen LogP contribution in [0.2, 0.25) is 0 Å². The summed E-state index contributed by atoms with van der Waals surface area (Å²) in [5, 5.41) is 8.68. The molecule has 1 fully saturated rings. The summed E-state index contributed by atoms with van der Waals surface area (Å²) in [5.74, 6) is -1.66. The molecule has 5 rings (SSSR count). The van der Waals surface area contributed by atoms with Crippen molar-refractivity contribution in [1.29, 1.82) is 0 Å². The highest BCUT2D eigenvalue weighted by Gasteiger charge is 2.37. The van der Waals surface area contributed by atoms with Crippen LogP contribution in [0.25, 0.3) is 0 Å². The van der Waals surface area contributed by atoms with Crippen molar-refractivity contribution in [1.82, 2.24) is 20.6 Å². The molecule has 0 radical (unpaired) electrons. The van der Waals surface area contributed by atoms with Gasteiger partial charge in [0.1, 0.15) is 22.9 Å². The van der Waals surface area contributed by atoms with Gasteiger partial charge in [0.2, 0.25) is 11.8 Å². The Balaban J connectivity index is 1.42. The molecule has 1 amide bonds. The lowest BCUT2D eigenvalue weighted by molar-refractivity contribution is -0.139. The first-order valence-electron chi connectivity index (χ1n) is 12.0. The third kappa shape index (κ3) is 5.96. The van der Waals surface area contributed by atoms with Crippen LogP contribution in [0, 0.1) is 5.82 Å². The van der Waals surface area contributed by atoms with Crippen molar-refractivity contribution < 1.29 is 31.8 Å². The number of methoxy groups -OCH3 is 1. The average Bonchev–Trinajstić information content (AvgIpc) is 3.39. The first-order chi connectivity index (χ1) is 18.7. The van der Waals surface area contributed by atoms with Crippen LogP contribution in [-0.2, 0) is 11.9 Å². The van der Waals surface area contributed by atoms with E-state index in [4.69, 9.17) is 9.47 Å². The molecule has 2 aliphatic rings. The normalized spacial score (nSPS) is 15.3. The Morgan fingerprint density at radius 2 is 1.97 bits per heavy atom. The molecule has 3 heterocycles. The topological polar surface area (TPSA) is 109 Å². The molecule has 39 heavy (non-hydrogen) atoms. The second-order valence-electron chi connectivity index (χ2n) is 8.84. The van der Waals surface area contributed by atoms with Crippen molar-refractivity contribution in [2.24, 2.45) is 0 Å². The lowest BCUT2D eigenvalue weighted by atomic mass is 10.1. The lowest BCUT2D eigenvalue weighted by Gasteiger charge is -2.24. The van der Waals surface area contributed by atoms with Crippen LogP contribution < -0.4 is 30.1 Å². The van der Waals surface area contributed by atoms with Gasteiger partial charge in [0.05, 0.1) is 24.0 Å². The van der Waals surface area contributed by atoms with Crippen molar-refractivity contribution in [3.63, 3.8) is 0 Å². The number of benzene rings is 2. The Morgan fingerprint density at radius 1 is 1.18 bits per heavy atom. The van der Waals surface area contributed by atoms with Gasteiger partial charge in [0.15, 0.2) is 0 Å². The smallest absolute Gasteiger partial charge is 0.423 e. The van der Waals surface area contributed by atoms with Crippen LogP contribution in [0.4, 0.5) is 34.9 Å². The molecule has 0 atom stereocenters. The van der Waals surface area contributed by atoms with Gasteiger partial charge in [0, 0.05) is 29.6 Å². The van der Waals surface area contributed by atoms with E-state index in [1.807, 2.05) is 0 Å². The third-order valence-corrected chi connectivity index (χ3v) is 7.05. The van der Waals surface area contributed by atoms with Gasteiger partial charge in [-0.3, -0.25) is 4.79 Å². The van der Waals surface area contributed by atoms with E-state index in [0.29, 0.717) is 17.5 Å². The van der Waals surface area contributed by atoms with Gasteiger partial charge >= 0.3 is 6.18 Å². The number of aromatic nitrogens is 2. The largest absolute Gasteiger partial charge is 0.495 e. The number of fused-ring (bicyclic) bond motifs is 1. The molecule has 0 unspecified atom stereocenters. The molecule has 3 aromatic rings. The van der Waals surface area contributed by atoms with Crippen molar-refractivity contribution in [3.05, 3.63) is 59.0 Å². The molecular formula is C25H24F4N6O3S. The molecule has 9 nitrogen and oxygen atoms in total. The molecule has 206 valence electrons. The number of nitrogens with zero attached hydrogens (tertiary/aromatic N) is 2. The van der Waals surface area contributed by atoms with E-state index in [0.717, 1.165) is 37.7 Å². The number of carbonyl (C=O) groups excluding carboxylic acids is 1. The van der Waals surface area contributed by atoms with Crippen LogP contribution in [0.5, 0.6) is 17.4 Å². The van der Waals surface area contributed by atoms with Crippen LogP contribution >= 0.6 is 11.9 Å². The monoisotopic (exact) mass is 564 g/mol. The number of anilines is 3. The number of alkyl halides is 3. The average molecular weight is 565 g/mol. The predicted octanol–water partition coefficient (Wildman–Crippen LogP) is 5.23. The van der Waals surface area contributed by atoms with Gasteiger partial charge in [-0.2, -0.15) is 18.2 Å². The number of hydrogen-bond acceptors (Lipinski definition) is 9. The highest BCUT2D eigenvalue weighted by atomic mass is 32.2. The Morgan fingerprint density at radius 3 is 2.72 bits per heavy atom. The quantitative estimate of drug-likeness (QED) is 0.226. The van der Waals surface area contributed by atoms with Crippen LogP contribution in [0.3, 0.4) is 0 Å². The molecule has 2 aliphatic heterocycles. The number of hydrogen-bond donors (Lipinski definition) is 4. The lowest BCUT2D eigenvalue weighted by Crippen LogP contribution is -2.42. The summed E-state index contributed by atoms with van der Waals surface area (Å²) in [5.41, 5.74) is 0.0548. The van der Waals surface area contributed by atoms with E-state index in [1.54, 1.807) is 18.2 Å². The fourth-order valence-electron chi connectivity index (χ4n) is 4.24. The van der Waals surface area contributed by atoms with Crippen molar-refractivity contribution in [3.8, 4) is 17.4 Å². The standard InChI is InChI=1S/C25H24F4N6O3S/c1-37-21-9-14(22(36)32-13-5-7-30-8-6-13)17(26)10-19(21)33-24-31-11-16(25(27,28)29)23(34-24)38-20-4-2-3-18-15(20)12-39-35-18/h2-4,9-11,13,30,35H,5-8,12H2,1H3,(H,32,36)(H,31,33,34). The maximum Gasteiger partial charge on any atom is 0.423 e. The molecular weight excluding hydrogens is 540 g/mol.